The Kier molecular flexibility index (Phi) is 4.81. The number of rotatable bonds is 3. The Morgan fingerprint density at radius 3 is 2.77 bits per heavy atom. The van der Waals surface area contributed by atoms with Crippen LogP contribution in [0.5, 0.6) is 0 Å². The number of H-pyrrole nitrogens is 1. The van der Waals surface area contributed by atoms with Crippen LogP contribution in [0.4, 0.5) is 19.2 Å². The fourth-order valence-electron chi connectivity index (χ4n) is 4.80. The van der Waals surface area contributed by atoms with E-state index in [1.165, 1.54) is 6.07 Å². The topological polar surface area (TPSA) is 90.2 Å². The van der Waals surface area contributed by atoms with Gasteiger partial charge in [0.05, 0.1) is 35.4 Å². The Balaban J connectivity index is 1.35. The summed E-state index contributed by atoms with van der Waals surface area (Å²) in [5.41, 5.74) is 3.53. The molecule has 1 N–H and O–H groups in total. The number of allylic oxidation sites excluding steroid dienone is 3. The minimum Gasteiger partial charge on any atom is -0.402 e. The Hall–Kier alpha value is -3.93. The normalized spacial score (nSPS) is 22.2. The number of alkyl halides is 3. The van der Waals surface area contributed by atoms with Gasteiger partial charge < -0.3 is 14.3 Å². The van der Waals surface area contributed by atoms with Crippen molar-refractivity contribution in [1.29, 1.82) is 0 Å². The van der Waals surface area contributed by atoms with Crippen molar-refractivity contribution in [2.24, 2.45) is 0 Å². The summed E-state index contributed by atoms with van der Waals surface area (Å²) in [6.45, 7) is 2.67. The van der Waals surface area contributed by atoms with Crippen LogP contribution in [0.25, 0.3) is 11.6 Å². The first-order valence-corrected chi connectivity index (χ1v) is 11.1. The largest absolute Gasteiger partial charge is 0.417 e. The predicted octanol–water partition coefficient (Wildman–Crippen LogP) is 3.87. The van der Waals surface area contributed by atoms with E-state index in [4.69, 9.17) is 4.42 Å². The van der Waals surface area contributed by atoms with Crippen molar-refractivity contribution < 1.29 is 17.6 Å². The summed E-state index contributed by atoms with van der Waals surface area (Å²) >= 11 is 0. The van der Waals surface area contributed by atoms with E-state index in [1.54, 1.807) is 6.33 Å². The maximum Gasteiger partial charge on any atom is 0.417 e. The molecule has 35 heavy (non-hydrogen) atoms. The molecule has 0 aromatic carbocycles. The Morgan fingerprint density at radius 2 is 2.03 bits per heavy atom. The fraction of sp³-hybridized carbons (Fsp3) is 0.304. The Labute approximate surface area is 198 Å². The SMILES string of the molecule is CC1=CC=CN2C1=CC([C@@H]1c3nc[nH]c3CCN1c1nnc(-c3ccc(C(F)(F)F)cn3)o1)N2C. The second-order valence-corrected chi connectivity index (χ2v) is 8.63. The molecule has 3 aromatic heterocycles. The molecule has 2 atom stereocenters. The molecule has 0 spiro atoms. The molecular weight excluding hydrogens is 461 g/mol. The molecule has 3 aliphatic rings. The first-order chi connectivity index (χ1) is 16.8. The van der Waals surface area contributed by atoms with E-state index in [9.17, 15) is 13.2 Å². The van der Waals surface area contributed by atoms with E-state index in [1.807, 2.05) is 24.2 Å². The van der Waals surface area contributed by atoms with Crippen LogP contribution in [0.15, 0.2) is 64.8 Å². The number of aromatic amines is 1. The average Bonchev–Trinajstić information content (AvgIpc) is 3.58. The first-order valence-electron chi connectivity index (χ1n) is 11.1. The van der Waals surface area contributed by atoms with Crippen molar-refractivity contribution in [3.63, 3.8) is 0 Å². The van der Waals surface area contributed by atoms with E-state index in [0.29, 0.717) is 13.0 Å². The minimum absolute atomic E-state index is 0.0533. The van der Waals surface area contributed by atoms with Crippen molar-refractivity contribution in [2.75, 3.05) is 18.5 Å². The van der Waals surface area contributed by atoms with Gasteiger partial charge in [-0.3, -0.25) is 9.99 Å². The third-order valence-electron chi connectivity index (χ3n) is 6.59. The number of hydrogen-bond acceptors (Lipinski definition) is 8. The summed E-state index contributed by atoms with van der Waals surface area (Å²) in [4.78, 5) is 13.7. The Bertz CT molecular complexity index is 1350. The van der Waals surface area contributed by atoms with Crippen LogP contribution < -0.4 is 4.90 Å². The number of nitrogens with zero attached hydrogens (tertiary/aromatic N) is 7. The van der Waals surface area contributed by atoms with Gasteiger partial charge in [-0.05, 0) is 36.8 Å². The predicted molar refractivity (Wildman–Crippen MR) is 119 cm³/mol. The van der Waals surface area contributed by atoms with E-state index < -0.39 is 11.7 Å². The van der Waals surface area contributed by atoms with Crippen LogP contribution in [-0.4, -0.2) is 54.8 Å². The van der Waals surface area contributed by atoms with Crippen LogP contribution in [0, 0.1) is 0 Å². The highest BCUT2D eigenvalue weighted by Crippen LogP contribution is 2.41. The quantitative estimate of drug-likeness (QED) is 0.602. The van der Waals surface area contributed by atoms with Crippen LogP contribution >= 0.6 is 0 Å². The van der Waals surface area contributed by atoms with Gasteiger partial charge in [0, 0.05) is 38.1 Å². The molecule has 0 fully saturated rings. The molecule has 0 saturated carbocycles. The van der Waals surface area contributed by atoms with E-state index in [0.717, 1.165) is 34.9 Å². The van der Waals surface area contributed by atoms with Gasteiger partial charge in [-0.15, -0.1) is 5.10 Å². The van der Waals surface area contributed by atoms with Crippen LogP contribution in [0.3, 0.4) is 0 Å². The molecule has 3 aliphatic heterocycles. The molecule has 12 heteroatoms. The van der Waals surface area contributed by atoms with E-state index >= 15 is 0 Å². The average molecular weight is 482 g/mol. The molecule has 0 amide bonds. The molecule has 3 aromatic rings. The molecule has 0 radical (unpaired) electrons. The van der Waals surface area contributed by atoms with Crippen LogP contribution in [0.2, 0.25) is 0 Å². The lowest BCUT2D eigenvalue weighted by Crippen LogP contribution is -2.48. The van der Waals surface area contributed by atoms with Gasteiger partial charge in [0.15, 0.2) is 0 Å². The van der Waals surface area contributed by atoms with Gasteiger partial charge in [0.1, 0.15) is 5.69 Å². The standard InChI is InChI=1S/C23H21F3N8O/c1-13-4-3-8-34-17(13)10-18(32(34)2)20-19-15(28-12-29-19)7-9-33(20)22-31-30-21(35-22)16-6-5-14(11-27-16)23(24,25)26/h3-6,8,10-12,18,20H,7,9H2,1-2H3,(H,28,29)/t18?,20-/m1/s1. The highest BCUT2D eigenvalue weighted by molar-refractivity contribution is 5.50. The van der Waals surface area contributed by atoms with Gasteiger partial charge in [-0.25, -0.2) is 9.99 Å². The maximum atomic E-state index is 12.9. The van der Waals surface area contributed by atoms with Gasteiger partial charge in [0.25, 0.3) is 5.89 Å². The number of pyridine rings is 1. The lowest BCUT2D eigenvalue weighted by atomic mass is 9.95. The number of likely N-dealkylation sites (N-methyl/N-ethyl adjacent to an activating group) is 1. The number of halogens is 3. The van der Waals surface area contributed by atoms with Gasteiger partial charge in [-0.1, -0.05) is 11.2 Å². The molecule has 0 bridgehead atoms. The second-order valence-electron chi connectivity index (χ2n) is 8.63. The van der Waals surface area contributed by atoms with Crippen molar-refractivity contribution >= 4 is 6.01 Å². The zero-order valence-corrected chi connectivity index (χ0v) is 18.9. The monoisotopic (exact) mass is 482 g/mol. The summed E-state index contributed by atoms with van der Waals surface area (Å²) < 4.78 is 44.6. The molecule has 6 heterocycles. The second kappa shape index (κ2) is 7.80. The lowest BCUT2D eigenvalue weighted by molar-refractivity contribution is -0.137. The fourth-order valence-corrected chi connectivity index (χ4v) is 4.80. The number of imidazole rings is 1. The third-order valence-corrected chi connectivity index (χ3v) is 6.59. The molecule has 9 nitrogen and oxygen atoms in total. The highest BCUT2D eigenvalue weighted by atomic mass is 19.4. The number of fused-ring (bicyclic) bond motifs is 2. The number of hydrazine groups is 1. The zero-order chi connectivity index (χ0) is 24.3. The van der Waals surface area contributed by atoms with Gasteiger partial charge >= 0.3 is 12.2 Å². The highest BCUT2D eigenvalue weighted by Gasteiger charge is 2.44. The number of anilines is 1. The number of aromatic nitrogens is 5. The summed E-state index contributed by atoms with van der Waals surface area (Å²) in [5, 5.41) is 12.5. The molecule has 180 valence electrons. The van der Waals surface area contributed by atoms with Crippen molar-refractivity contribution in [3.05, 3.63) is 77.3 Å². The van der Waals surface area contributed by atoms with Gasteiger partial charge in [-0.2, -0.15) is 13.2 Å². The number of nitrogens with one attached hydrogen (secondary N) is 1. The summed E-state index contributed by atoms with van der Waals surface area (Å²) in [5.74, 6) is 0.0533. The van der Waals surface area contributed by atoms with Crippen molar-refractivity contribution in [1.82, 2.24) is 35.2 Å². The summed E-state index contributed by atoms with van der Waals surface area (Å²) in [6.07, 6.45) is 6.97. The first kappa shape index (κ1) is 21.6. The maximum absolute atomic E-state index is 12.9. The molecule has 0 aliphatic carbocycles. The van der Waals surface area contributed by atoms with Gasteiger partial charge in [0.2, 0.25) is 0 Å². The molecule has 1 unspecified atom stereocenters. The van der Waals surface area contributed by atoms with Crippen molar-refractivity contribution in [3.8, 4) is 11.6 Å². The van der Waals surface area contributed by atoms with E-state index in [2.05, 4.69) is 54.2 Å². The van der Waals surface area contributed by atoms with Crippen LogP contribution in [-0.2, 0) is 12.6 Å². The minimum atomic E-state index is -4.47. The smallest absolute Gasteiger partial charge is 0.402 e. The summed E-state index contributed by atoms with van der Waals surface area (Å²) in [7, 11) is 2.02. The summed E-state index contributed by atoms with van der Waals surface area (Å²) in [6, 6.07) is 2.13. The molecule has 0 saturated heterocycles. The molecule has 6 rings (SSSR count). The Morgan fingerprint density at radius 1 is 1.17 bits per heavy atom. The zero-order valence-electron chi connectivity index (χ0n) is 18.9. The number of hydrogen-bond donors (Lipinski definition) is 1. The van der Waals surface area contributed by atoms with Crippen LogP contribution in [0.1, 0.15) is 29.9 Å². The third kappa shape index (κ3) is 3.52. The van der Waals surface area contributed by atoms with E-state index in [-0.39, 0.29) is 29.7 Å². The lowest BCUT2D eigenvalue weighted by Gasteiger charge is -2.40. The van der Waals surface area contributed by atoms with Crippen molar-refractivity contribution in [2.45, 2.75) is 31.6 Å². The molecular formula is C23H21F3N8O.